The number of rotatable bonds is 4. The first-order chi connectivity index (χ1) is 6.81. The zero-order valence-corrected chi connectivity index (χ0v) is 9.29. The van der Waals surface area contributed by atoms with Gasteiger partial charge < -0.3 is 4.90 Å². The Labute approximate surface area is 86.7 Å². The van der Waals surface area contributed by atoms with Gasteiger partial charge in [0, 0.05) is 6.04 Å². The number of aliphatic imine (C=N–C) groups is 1. The Morgan fingerprint density at radius 3 is 2.21 bits per heavy atom. The van der Waals surface area contributed by atoms with Crippen LogP contribution in [0.4, 0.5) is 0 Å². The SMILES string of the molecule is CCN(CC)C1CCC(N=C=N)CC1. The molecule has 3 nitrogen and oxygen atoms in total. The largest absolute Gasteiger partial charge is 0.301 e. The molecule has 14 heavy (non-hydrogen) atoms. The van der Waals surface area contributed by atoms with Crippen LogP contribution in [0.25, 0.3) is 0 Å². The Bertz CT molecular complexity index is 197. The summed E-state index contributed by atoms with van der Waals surface area (Å²) in [6.45, 7) is 6.76. The summed E-state index contributed by atoms with van der Waals surface area (Å²) < 4.78 is 0. The van der Waals surface area contributed by atoms with Crippen LogP contribution >= 0.6 is 0 Å². The Morgan fingerprint density at radius 1 is 1.21 bits per heavy atom. The molecule has 1 fully saturated rings. The summed E-state index contributed by atoms with van der Waals surface area (Å²) in [5, 5.41) is 6.82. The van der Waals surface area contributed by atoms with Crippen molar-refractivity contribution in [1.82, 2.24) is 4.90 Å². The minimum absolute atomic E-state index is 0.374. The maximum absolute atomic E-state index is 6.82. The lowest BCUT2D eigenvalue weighted by Gasteiger charge is -2.34. The highest BCUT2D eigenvalue weighted by Crippen LogP contribution is 2.24. The summed E-state index contributed by atoms with van der Waals surface area (Å²) in [5.74, 6) is 0. The van der Waals surface area contributed by atoms with Crippen LogP contribution in [0.5, 0.6) is 0 Å². The Morgan fingerprint density at radius 2 is 1.79 bits per heavy atom. The first kappa shape index (κ1) is 11.4. The monoisotopic (exact) mass is 195 g/mol. The fourth-order valence-corrected chi connectivity index (χ4v) is 2.38. The fraction of sp³-hybridized carbons (Fsp3) is 0.909. The molecule has 1 rings (SSSR count). The second-order valence-corrected chi connectivity index (χ2v) is 3.92. The van der Waals surface area contributed by atoms with Crippen LogP contribution in [0.2, 0.25) is 0 Å². The molecule has 0 unspecified atom stereocenters. The highest BCUT2D eigenvalue weighted by Gasteiger charge is 2.23. The van der Waals surface area contributed by atoms with E-state index in [1.165, 1.54) is 12.8 Å². The van der Waals surface area contributed by atoms with Gasteiger partial charge in [-0.25, -0.2) is 10.4 Å². The number of nitrogens with zero attached hydrogens (tertiary/aromatic N) is 2. The molecule has 0 radical (unpaired) electrons. The third-order valence-corrected chi connectivity index (χ3v) is 3.24. The van der Waals surface area contributed by atoms with Crippen LogP contribution in [0.1, 0.15) is 39.5 Å². The Kier molecular flexibility index (Phi) is 4.85. The number of hydrogen-bond donors (Lipinski definition) is 1. The smallest absolute Gasteiger partial charge is 0.0864 e. The molecule has 0 aliphatic heterocycles. The molecule has 0 heterocycles. The maximum Gasteiger partial charge on any atom is 0.0864 e. The van der Waals surface area contributed by atoms with Crippen LogP contribution in [0.15, 0.2) is 4.99 Å². The van der Waals surface area contributed by atoms with Crippen LogP contribution in [-0.4, -0.2) is 36.1 Å². The molecule has 0 aromatic heterocycles. The average Bonchev–Trinajstić information content (AvgIpc) is 2.23. The van der Waals surface area contributed by atoms with Crippen molar-refractivity contribution in [1.29, 1.82) is 5.41 Å². The third-order valence-electron chi connectivity index (χ3n) is 3.24. The van der Waals surface area contributed by atoms with Gasteiger partial charge in [0.25, 0.3) is 0 Å². The molecule has 0 aromatic carbocycles. The van der Waals surface area contributed by atoms with Crippen molar-refractivity contribution in [2.45, 2.75) is 51.6 Å². The molecule has 1 saturated carbocycles. The van der Waals surface area contributed by atoms with E-state index in [9.17, 15) is 0 Å². The van der Waals surface area contributed by atoms with Gasteiger partial charge in [0.05, 0.1) is 12.1 Å². The van der Waals surface area contributed by atoms with Gasteiger partial charge in [-0.05, 0) is 38.8 Å². The summed E-state index contributed by atoms with van der Waals surface area (Å²) in [6, 6.07) is 3.30. The summed E-state index contributed by atoms with van der Waals surface area (Å²) in [4.78, 5) is 6.56. The van der Waals surface area contributed by atoms with Crippen molar-refractivity contribution in [3.8, 4) is 0 Å². The van der Waals surface area contributed by atoms with E-state index in [-0.39, 0.29) is 0 Å². The van der Waals surface area contributed by atoms with E-state index in [0.717, 1.165) is 32.0 Å². The first-order valence-corrected chi connectivity index (χ1v) is 5.67. The molecule has 1 N–H and O–H groups in total. The topological polar surface area (TPSA) is 39.5 Å². The quantitative estimate of drug-likeness (QED) is 0.687. The van der Waals surface area contributed by atoms with Crippen LogP contribution < -0.4 is 0 Å². The molecule has 3 heteroatoms. The molecule has 80 valence electrons. The van der Waals surface area contributed by atoms with Crippen molar-refractivity contribution >= 4 is 6.01 Å². The van der Waals surface area contributed by atoms with Gasteiger partial charge in [-0.15, -0.1) is 0 Å². The van der Waals surface area contributed by atoms with Gasteiger partial charge in [0.15, 0.2) is 0 Å². The van der Waals surface area contributed by atoms with Gasteiger partial charge in [-0.3, -0.25) is 0 Å². The molecule has 0 spiro atoms. The molecule has 0 bridgehead atoms. The van der Waals surface area contributed by atoms with E-state index in [4.69, 9.17) is 5.41 Å². The standard InChI is InChI=1S/C11H21N3/c1-3-14(4-2)11-7-5-10(6-8-11)13-9-12/h10-12H,3-8H2,1-2H3. The van der Waals surface area contributed by atoms with Gasteiger partial charge in [-0.1, -0.05) is 13.8 Å². The molecule has 0 aromatic rings. The lowest BCUT2D eigenvalue weighted by Crippen LogP contribution is -2.38. The van der Waals surface area contributed by atoms with Gasteiger partial charge in [0.1, 0.15) is 0 Å². The van der Waals surface area contributed by atoms with Crippen molar-refractivity contribution in [3.63, 3.8) is 0 Å². The number of hydrogen-bond acceptors (Lipinski definition) is 3. The van der Waals surface area contributed by atoms with Crippen LogP contribution in [-0.2, 0) is 0 Å². The van der Waals surface area contributed by atoms with E-state index in [0.29, 0.717) is 6.04 Å². The van der Waals surface area contributed by atoms with Gasteiger partial charge >= 0.3 is 0 Å². The lowest BCUT2D eigenvalue weighted by atomic mass is 9.90. The first-order valence-electron chi connectivity index (χ1n) is 5.67. The highest BCUT2D eigenvalue weighted by molar-refractivity contribution is 5.36. The van der Waals surface area contributed by atoms with E-state index in [1.54, 1.807) is 0 Å². The fourth-order valence-electron chi connectivity index (χ4n) is 2.38. The van der Waals surface area contributed by atoms with Crippen LogP contribution in [0, 0.1) is 5.41 Å². The molecule has 0 saturated heterocycles. The molecule has 0 atom stereocenters. The minimum atomic E-state index is 0.374. The molecular formula is C11H21N3. The van der Waals surface area contributed by atoms with E-state index in [1.807, 2.05) is 0 Å². The van der Waals surface area contributed by atoms with Crippen molar-refractivity contribution in [3.05, 3.63) is 0 Å². The molecule has 1 aliphatic rings. The van der Waals surface area contributed by atoms with Crippen molar-refractivity contribution < 1.29 is 0 Å². The Hall–Kier alpha value is -0.660. The summed E-state index contributed by atoms with van der Waals surface area (Å²) in [6.07, 6.45) is 4.73. The molecule has 1 aliphatic carbocycles. The second-order valence-electron chi connectivity index (χ2n) is 3.92. The average molecular weight is 195 g/mol. The molecular weight excluding hydrogens is 174 g/mol. The zero-order valence-electron chi connectivity index (χ0n) is 9.29. The van der Waals surface area contributed by atoms with E-state index >= 15 is 0 Å². The predicted molar refractivity (Wildman–Crippen MR) is 59.1 cm³/mol. The summed E-state index contributed by atoms with van der Waals surface area (Å²) in [7, 11) is 0. The van der Waals surface area contributed by atoms with Crippen molar-refractivity contribution in [2.24, 2.45) is 4.99 Å². The van der Waals surface area contributed by atoms with Crippen LogP contribution in [0.3, 0.4) is 0 Å². The predicted octanol–water partition coefficient (Wildman–Crippen LogP) is 2.39. The summed E-state index contributed by atoms with van der Waals surface area (Å²) >= 11 is 0. The maximum atomic E-state index is 6.82. The highest BCUT2D eigenvalue weighted by atomic mass is 15.1. The van der Waals surface area contributed by atoms with E-state index in [2.05, 4.69) is 29.7 Å². The second kappa shape index (κ2) is 5.94. The number of nitrogens with one attached hydrogen (secondary N) is 1. The zero-order chi connectivity index (χ0) is 10.4. The van der Waals surface area contributed by atoms with E-state index < -0.39 is 0 Å². The van der Waals surface area contributed by atoms with Gasteiger partial charge in [0.2, 0.25) is 0 Å². The normalized spacial score (nSPS) is 27.4. The molecule has 0 amide bonds. The lowest BCUT2D eigenvalue weighted by molar-refractivity contribution is 0.165. The minimum Gasteiger partial charge on any atom is -0.301 e. The third kappa shape index (κ3) is 2.93. The van der Waals surface area contributed by atoms with Crippen molar-refractivity contribution in [2.75, 3.05) is 13.1 Å². The summed E-state index contributed by atoms with van der Waals surface area (Å²) in [5.41, 5.74) is 0. The Balaban J connectivity index is 2.37. The van der Waals surface area contributed by atoms with Gasteiger partial charge in [-0.2, -0.15) is 0 Å².